The molecule has 2 aliphatic rings. The van der Waals surface area contributed by atoms with Gasteiger partial charge >= 0.3 is 0 Å². The standard InChI is InChI=1S/C19H16FN/c20-19(11-4-3-10-17(19)21)16-9-5-7-14-12-13-6-1-2-8-15(13)18(14)16/h1-11,17H,12,21H2. The van der Waals surface area contributed by atoms with E-state index in [-0.39, 0.29) is 0 Å². The summed E-state index contributed by atoms with van der Waals surface area (Å²) in [6.45, 7) is 0. The fraction of sp³-hybridized carbons (Fsp3) is 0.158. The molecule has 0 amide bonds. The third-order valence-corrected chi connectivity index (χ3v) is 4.48. The second kappa shape index (κ2) is 4.40. The Hall–Kier alpha value is -2.19. The summed E-state index contributed by atoms with van der Waals surface area (Å²) >= 11 is 0. The predicted octanol–water partition coefficient (Wildman–Crippen LogP) is 3.88. The van der Waals surface area contributed by atoms with Gasteiger partial charge in [-0.05, 0) is 34.8 Å². The maximum Gasteiger partial charge on any atom is 0.173 e. The summed E-state index contributed by atoms with van der Waals surface area (Å²) in [5.74, 6) is 0. The van der Waals surface area contributed by atoms with Crippen LogP contribution in [0, 0.1) is 0 Å². The molecule has 0 spiro atoms. The highest BCUT2D eigenvalue weighted by atomic mass is 19.1. The molecule has 2 atom stereocenters. The molecule has 2 aromatic carbocycles. The van der Waals surface area contributed by atoms with Gasteiger partial charge in [-0.3, -0.25) is 0 Å². The molecule has 2 heteroatoms. The zero-order valence-corrected chi connectivity index (χ0v) is 11.6. The summed E-state index contributed by atoms with van der Waals surface area (Å²) in [4.78, 5) is 0. The minimum Gasteiger partial charge on any atom is -0.321 e. The van der Waals surface area contributed by atoms with Gasteiger partial charge in [0.05, 0.1) is 6.04 Å². The van der Waals surface area contributed by atoms with Crippen LogP contribution < -0.4 is 5.73 Å². The second-order valence-electron chi connectivity index (χ2n) is 5.71. The monoisotopic (exact) mass is 277 g/mol. The summed E-state index contributed by atoms with van der Waals surface area (Å²) in [6, 6.07) is 13.4. The lowest BCUT2D eigenvalue weighted by Crippen LogP contribution is -2.40. The quantitative estimate of drug-likeness (QED) is 0.718. The molecule has 2 aliphatic carbocycles. The normalized spacial score (nSPS) is 25.7. The van der Waals surface area contributed by atoms with Gasteiger partial charge in [-0.15, -0.1) is 0 Å². The lowest BCUT2D eigenvalue weighted by molar-refractivity contribution is 0.209. The number of rotatable bonds is 1. The first-order valence-corrected chi connectivity index (χ1v) is 7.21. The molecule has 104 valence electrons. The van der Waals surface area contributed by atoms with Crippen molar-refractivity contribution in [3.05, 3.63) is 83.5 Å². The number of hydrogen-bond acceptors (Lipinski definition) is 1. The Balaban J connectivity index is 1.97. The summed E-state index contributed by atoms with van der Waals surface area (Å²) in [5.41, 5.74) is 9.68. The largest absolute Gasteiger partial charge is 0.321 e. The number of nitrogens with two attached hydrogens (primary N) is 1. The first-order chi connectivity index (χ1) is 10.2. The highest BCUT2D eigenvalue weighted by molar-refractivity contribution is 5.80. The van der Waals surface area contributed by atoms with E-state index in [0.717, 1.165) is 17.5 Å². The molecule has 2 unspecified atom stereocenters. The predicted molar refractivity (Wildman–Crippen MR) is 83.7 cm³/mol. The van der Waals surface area contributed by atoms with Crippen molar-refractivity contribution in [2.75, 3.05) is 0 Å². The van der Waals surface area contributed by atoms with E-state index in [2.05, 4.69) is 18.2 Å². The van der Waals surface area contributed by atoms with Crippen molar-refractivity contribution in [2.45, 2.75) is 18.1 Å². The lowest BCUT2D eigenvalue weighted by Gasteiger charge is -2.31. The molecule has 2 N–H and O–H groups in total. The van der Waals surface area contributed by atoms with Crippen LogP contribution in [0.25, 0.3) is 11.1 Å². The Morgan fingerprint density at radius 1 is 1.00 bits per heavy atom. The molecular weight excluding hydrogens is 261 g/mol. The average molecular weight is 277 g/mol. The van der Waals surface area contributed by atoms with E-state index in [9.17, 15) is 0 Å². The van der Waals surface area contributed by atoms with Gasteiger partial charge < -0.3 is 5.73 Å². The van der Waals surface area contributed by atoms with Gasteiger partial charge in [0.25, 0.3) is 0 Å². The highest BCUT2D eigenvalue weighted by Gasteiger charge is 2.39. The summed E-state index contributed by atoms with van der Waals surface area (Å²) in [5, 5.41) is 0. The van der Waals surface area contributed by atoms with Crippen LogP contribution in [0.4, 0.5) is 4.39 Å². The summed E-state index contributed by atoms with van der Waals surface area (Å²) in [7, 11) is 0. The lowest BCUT2D eigenvalue weighted by atomic mass is 9.81. The first-order valence-electron chi connectivity index (χ1n) is 7.21. The molecule has 0 saturated carbocycles. The fourth-order valence-electron chi connectivity index (χ4n) is 3.41. The molecule has 0 aliphatic heterocycles. The van der Waals surface area contributed by atoms with E-state index in [1.54, 1.807) is 24.3 Å². The number of fused-ring (bicyclic) bond motifs is 3. The van der Waals surface area contributed by atoms with Gasteiger partial charge in [-0.1, -0.05) is 60.7 Å². The van der Waals surface area contributed by atoms with Crippen LogP contribution in [0.2, 0.25) is 0 Å². The molecule has 2 aromatic rings. The zero-order chi connectivity index (χ0) is 14.4. The van der Waals surface area contributed by atoms with Crippen LogP contribution in [0.5, 0.6) is 0 Å². The van der Waals surface area contributed by atoms with Crippen molar-refractivity contribution in [3.8, 4) is 11.1 Å². The third-order valence-electron chi connectivity index (χ3n) is 4.48. The Bertz CT molecular complexity index is 775. The van der Waals surface area contributed by atoms with Gasteiger partial charge in [-0.2, -0.15) is 0 Å². The minimum atomic E-state index is -1.64. The molecule has 0 fully saturated rings. The Morgan fingerprint density at radius 3 is 2.67 bits per heavy atom. The van der Waals surface area contributed by atoms with Gasteiger partial charge in [0.15, 0.2) is 5.67 Å². The van der Waals surface area contributed by atoms with Crippen molar-refractivity contribution in [3.63, 3.8) is 0 Å². The van der Waals surface area contributed by atoms with E-state index in [1.165, 1.54) is 11.1 Å². The van der Waals surface area contributed by atoms with E-state index >= 15 is 4.39 Å². The highest BCUT2D eigenvalue weighted by Crippen LogP contribution is 2.45. The van der Waals surface area contributed by atoms with Gasteiger partial charge in [-0.25, -0.2) is 4.39 Å². The summed E-state index contributed by atoms with van der Waals surface area (Å²) in [6.07, 6.45) is 7.71. The molecule has 1 nitrogen and oxygen atoms in total. The molecule has 0 aromatic heterocycles. The maximum absolute atomic E-state index is 15.6. The maximum atomic E-state index is 15.6. The van der Waals surface area contributed by atoms with E-state index in [1.807, 2.05) is 24.3 Å². The number of halogens is 1. The number of allylic oxidation sites excluding steroid dienone is 2. The zero-order valence-electron chi connectivity index (χ0n) is 11.6. The molecule has 0 radical (unpaired) electrons. The van der Waals surface area contributed by atoms with E-state index in [0.29, 0.717) is 5.56 Å². The first kappa shape index (κ1) is 12.5. The van der Waals surface area contributed by atoms with Crippen molar-refractivity contribution >= 4 is 0 Å². The summed E-state index contributed by atoms with van der Waals surface area (Å²) < 4.78 is 15.6. The molecule has 0 bridgehead atoms. The molecule has 4 rings (SSSR count). The third kappa shape index (κ3) is 1.72. The molecule has 21 heavy (non-hydrogen) atoms. The van der Waals surface area contributed by atoms with E-state index in [4.69, 9.17) is 5.73 Å². The van der Waals surface area contributed by atoms with Crippen LogP contribution in [-0.4, -0.2) is 6.04 Å². The van der Waals surface area contributed by atoms with Crippen LogP contribution in [0.3, 0.4) is 0 Å². The van der Waals surface area contributed by atoms with Crippen molar-refractivity contribution < 1.29 is 4.39 Å². The van der Waals surface area contributed by atoms with E-state index < -0.39 is 11.7 Å². The topological polar surface area (TPSA) is 26.0 Å². The molecule has 0 saturated heterocycles. The van der Waals surface area contributed by atoms with Crippen LogP contribution in [0.1, 0.15) is 16.7 Å². The van der Waals surface area contributed by atoms with Gasteiger partial charge in [0.2, 0.25) is 0 Å². The Morgan fingerprint density at radius 2 is 1.81 bits per heavy atom. The van der Waals surface area contributed by atoms with Crippen molar-refractivity contribution in [2.24, 2.45) is 5.73 Å². The van der Waals surface area contributed by atoms with Gasteiger partial charge in [0, 0.05) is 5.56 Å². The fourth-order valence-corrected chi connectivity index (χ4v) is 3.41. The number of benzene rings is 2. The Kier molecular flexibility index (Phi) is 2.63. The Labute approximate surface area is 123 Å². The van der Waals surface area contributed by atoms with Crippen LogP contribution in [-0.2, 0) is 12.1 Å². The van der Waals surface area contributed by atoms with Crippen LogP contribution >= 0.6 is 0 Å². The minimum absolute atomic E-state index is 0.651. The number of alkyl halides is 1. The smallest absolute Gasteiger partial charge is 0.173 e. The van der Waals surface area contributed by atoms with Crippen molar-refractivity contribution in [1.29, 1.82) is 0 Å². The van der Waals surface area contributed by atoms with Gasteiger partial charge in [0.1, 0.15) is 0 Å². The number of hydrogen-bond donors (Lipinski definition) is 1. The van der Waals surface area contributed by atoms with Crippen molar-refractivity contribution in [1.82, 2.24) is 0 Å². The molecular formula is C19H16FN. The SMILES string of the molecule is NC1C=CC=CC1(F)c1cccc2c1-c1ccccc1C2. The van der Waals surface area contributed by atoms with Crippen LogP contribution in [0.15, 0.2) is 66.8 Å². The molecule has 0 heterocycles. The average Bonchev–Trinajstić information content (AvgIpc) is 2.89. The second-order valence-corrected chi connectivity index (χ2v) is 5.71.